The van der Waals surface area contributed by atoms with Crippen molar-refractivity contribution in [3.63, 3.8) is 0 Å². The van der Waals surface area contributed by atoms with Gasteiger partial charge in [-0.1, -0.05) is 19.9 Å². The van der Waals surface area contributed by atoms with Crippen molar-refractivity contribution >= 4 is 23.1 Å². The third kappa shape index (κ3) is 2.80. The van der Waals surface area contributed by atoms with E-state index in [-0.39, 0.29) is 11.8 Å². The first kappa shape index (κ1) is 15.9. The van der Waals surface area contributed by atoms with E-state index in [9.17, 15) is 4.79 Å². The van der Waals surface area contributed by atoms with Crippen molar-refractivity contribution in [1.82, 2.24) is 24.9 Å². The zero-order valence-electron chi connectivity index (χ0n) is 14.2. The van der Waals surface area contributed by atoms with Gasteiger partial charge in [-0.15, -0.1) is 10.2 Å². The Labute approximate surface area is 140 Å². The molecule has 0 saturated carbocycles. The van der Waals surface area contributed by atoms with Crippen molar-refractivity contribution in [3.05, 3.63) is 47.5 Å². The molecule has 0 bridgehead atoms. The van der Waals surface area contributed by atoms with Crippen LogP contribution in [0.5, 0.6) is 0 Å². The third-order valence-corrected chi connectivity index (χ3v) is 3.85. The lowest BCUT2D eigenvalue weighted by atomic mass is 10.1. The second-order valence-electron chi connectivity index (χ2n) is 5.92. The number of benzene rings is 1. The van der Waals surface area contributed by atoms with E-state index in [1.165, 1.54) is 0 Å². The molecule has 7 nitrogen and oxygen atoms in total. The second kappa shape index (κ2) is 6.27. The smallest absolute Gasteiger partial charge is 0.251 e. The van der Waals surface area contributed by atoms with E-state index in [2.05, 4.69) is 39.7 Å². The first-order chi connectivity index (χ1) is 11.5. The van der Waals surface area contributed by atoms with Gasteiger partial charge in [-0.3, -0.25) is 9.20 Å². The molecule has 0 saturated heterocycles. The highest BCUT2D eigenvalue weighted by atomic mass is 16.1. The Morgan fingerprint density at radius 2 is 2.04 bits per heavy atom. The van der Waals surface area contributed by atoms with E-state index in [0.717, 1.165) is 17.1 Å². The molecule has 3 aromatic rings. The van der Waals surface area contributed by atoms with Gasteiger partial charge >= 0.3 is 0 Å². The number of amides is 1. The van der Waals surface area contributed by atoms with Crippen LogP contribution in [-0.2, 0) is 0 Å². The molecule has 0 atom stereocenters. The highest BCUT2D eigenvalue weighted by Gasteiger charge is 2.14. The fourth-order valence-electron chi connectivity index (χ4n) is 2.50. The number of nitrogens with one attached hydrogen (secondary N) is 2. The number of nitrogens with zero attached hydrogens (tertiary/aromatic N) is 4. The average Bonchev–Trinajstić information content (AvgIpc) is 3.01. The summed E-state index contributed by atoms with van der Waals surface area (Å²) in [6.45, 7) is 6.11. The SMILES string of the molecule is CNC(=O)c1ccc(C)c(Nc2nccn3c(C(C)C)nnc23)c1. The Hall–Kier alpha value is -2.96. The van der Waals surface area contributed by atoms with Crippen LogP contribution in [0.15, 0.2) is 30.6 Å². The summed E-state index contributed by atoms with van der Waals surface area (Å²) in [6.07, 6.45) is 3.56. The van der Waals surface area contributed by atoms with Crippen molar-refractivity contribution in [2.45, 2.75) is 26.7 Å². The van der Waals surface area contributed by atoms with Crippen LogP contribution in [0.25, 0.3) is 5.65 Å². The molecule has 0 spiro atoms. The fraction of sp³-hybridized carbons (Fsp3) is 0.294. The zero-order valence-corrected chi connectivity index (χ0v) is 14.2. The molecule has 2 heterocycles. The van der Waals surface area contributed by atoms with Gasteiger partial charge in [0.2, 0.25) is 5.65 Å². The molecule has 0 aliphatic carbocycles. The summed E-state index contributed by atoms with van der Waals surface area (Å²) in [7, 11) is 1.61. The van der Waals surface area contributed by atoms with Crippen molar-refractivity contribution in [2.24, 2.45) is 0 Å². The fourth-order valence-corrected chi connectivity index (χ4v) is 2.50. The minimum atomic E-state index is -0.131. The summed E-state index contributed by atoms with van der Waals surface area (Å²) in [4.78, 5) is 16.2. The largest absolute Gasteiger partial charge is 0.355 e. The third-order valence-electron chi connectivity index (χ3n) is 3.85. The minimum absolute atomic E-state index is 0.131. The molecule has 2 aromatic heterocycles. The molecule has 0 aliphatic rings. The van der Waals surface area contributed by atoms with E-state index < -0.39 is 0 Å². The number of anilines is 2. The van der Waals surface area contributed by atoms with Crippen molar-refractivity contribution in [2.75, 3.05) is 12.4 Å². The maximum atomic E-state index is 11.8. The molecule has 24 heavy (non-hydrogen) atoms. The second-order valence-corrected chi connectivity index (χ2v) is 5.92. The molecule has 0 radical (unpaired) electrons. The van der Waals surface area contributed by atoms with Crippen molar-refractivity contribution < 1.29 is 4.79 Å². The number of carbonyl (C=O) groups is 1. The van der Waals surface area contributed by atoms with Crippen LogP contribution in [0.3, 0.4) is 0 Å². The van der Waals surface area contributed by atoms with E-state index in [1.807, 2.05) is 23.6 Å². The van der Waals surface area contributed by atoms with E-state index >= 15 is 0 Å². The van der Waals surface area contributed by atoms with Gasteiger partial charge in [0.15, 0.2) is 5.82 Å². The molecule has 1 aromatic carbocycles. The number of rotatable bonds is 4. The number of carbonyl (C=O) groups excluding carboxylic acids is 1. The van der Waals surface area contributed by atoms with E-state index in [4.69, 9.17) is 0 Å². The highest BCUT2D eigenvalue weighted by Crippen LogP contribution is 2.24. The minimum Gasteiger partial charge on any atom is -0.355 e. The van der Waals surface area contributed by atoms with Gasteiger partial charge in [0, 0.05) is 36.6 Å². The van der Waals surface area contributed by atoms with Crippen LogP contribution in [0.4, 0.5) is 11.5 Å². The van der Waals surface area contributed by atoms with Gasteiger partial charge in [0.05, 0.1) is 0 Å². The van der Waals surface area contributed by atoms with Gasteiger partial charge in [-0.25, -0.2) is 4.98 Å². The maximum absolute atomic E-state index is 11.8. The Morgan fingerprint density at radius 3 is 2.75 bits per heavy atom. The van der Waals surface area contributed by atoms with Crippen LogP contribution >= 0.6 is 0 Å². The molecular weight excluding hydrogens is 304 g/mol. The molecule has 0 unspecified atom stereocenters. The number of aryl methyl sites for hydroxylation is 1. The summed E-state index contributed by atoms with van der Waals surface area (Å²) in [5.74, 6) is 1.61. The first-order valence-corrected chi connectivity index (χ1v) is 7.80. The molecule has 2 N–H and O–H groups in total. The lowest BCUT2D eigenvalue weighted by Gasteiger charge is -2.11. The van der Waals surface area contributed by atoms with Gasteiger partial charge in [0.1, 0.15) is 5.82 Å². The molecule has 0 aliphatic heterocycles. The van der Waals surface area contributed by atoms with Crippen molar-refractivity contribution in [1.29, 1.82) is 0 Å². The lowest BCUT2D eigenvalue weighted by Crippen LogP contribution is -2.17. The van der Waals surface area contributed by atoms with Crippen LogP contribution in [0.1, 0.15) is 41.5 Å². The molecule has 7 heteroatoms. The molecule has 124 valence electrons. The number of fused-ring (bicyclic) bond motifs is 1. The first-order valence-electron chi connectivity index (χ1n) is 7.80. The summed E-state index contributed by atoms with van der Waals surface area (Å²) in [6, 6.07) is 5.50. The molecular formula is C17H20N6O. The van der Waals surface area contributed by atoms with Crippen molar-refractivity contribution in [3.8, 4) is 0 Å². The molecule has 0 fully saturated rings. The Balaban J connectivity index is 2.03. The number of hydrogen-bond acceptors (Lipinski definition) is 5. The molecule has 1 amide bonds. The summed E-state index contributed by atoms with van der Waals surface area (Å²) in [5.41, 5.74) is 3.06. The van der Waals surface area contributed by atoms with Crippen LogP contribution in [0, 0.1) is 6.92 Å². The predicted octanol–water partition coefficient (Wildman–Crippen LogP) is 2.66. The normalized spacial score (nSPS) is 11.0. The number of hydrogen-bond donors (Lipinski definition) is 2. The topological polar surface area (TPSA) is 84.2 Å². The monoisotopic (exact) mass is 324 g/mol. The maximum Gasteiger partial charge on any atom is 0.251 e. The Kier molecular flexibility index (Phi) is 4.16. The van der Waals surface area contributed by atoms with Gasteiger partial charge in [0.25, 0.3) is 5.91 Å². The number of aromatic nitrogens is 4. The predicted molar refractivity (Wildman–Crippen MR) is 92.7 cm³/mol. The lowest BCUT2D eigenvalue weighted by molar-refractivity contribution is 0.0963. The summed E-state index contributed by atoms with van der Waals surface area (Å²) < 4.78 is 1.93. The summed E-state index contributed by atoms with van der Waals surface area (Å²) in [5, 5.41) is 14.4. The standard InChI is InChI=1S/C17H20N6O/c1-10(2)15-21-22-16-14(19-7-8-23(15)16)20-13-9-12(17(24)18-4)6-5-11(13)3/h5-10H,1-4H3,(H,18,24)(H,19,20). The van der Waals surface area contributed by atoms with Crippen LogP contribution < -0.4 is 10.6 Å². The van der Waals surface area contributed by atoms with Gasteiger partial charge < -0.3 is 10.6 Å². The zero-order chi connectivity index (χ0) is 17.3. The van der Waals surface area contributed by atoms with Gasteiger partial charge in [-0.05, 0) is 24.6 Å². The quantitative estimate of drug-likeness (QED) is 0.771. The van der Waals surface area contributed by atoms with E-state index in [1.54, 1.807) is 25.4 Å². The molecule has 3 rings (SSSR count). The van der Waals surface area contributed by atoms with E-state index in [0.29, 0.717) is 17.0 Å². The summed E-state index contributed by atoms with van der Waals surface area (Å²) >= 11 is 0. The van der Waals surface area contributed by atoms with Crippen LogP contribution in [0.2, 0.25) is 0 Å². The Morgan fingerprint density at radius 1 is 1.25 bits per heavy atom. The van der Waals surface area contributed by atoms with Crippen LogP contribution in [-0.4, -0.2) is 32.5 Å². The average molecular weight is 324 g/mol. The van der Waals surface area contributed by atoms with Gasteiger partial charge in [-0.2, -0.15) is 0 Å². The Bertz CT molecular complexity index is 899. The highest BCUT2D eigenvalue weighted by molar-refractivity contribution is 5.95.